The van der Waals surface area contributed by atoms with Gasteiger partial charge in [-0.05, 0) is 45.0 Å². The first-order chi connectivity index (χ1) is 15.2. The Morgan fingerprint density at radius 3 is 2.68 bits per heavy atom. The van der Waals surface area contributed by atoms with E-state index in [-0.39, 0.29) is 12.5 Å². The zero-order valence-electron chi connectivity index (χ0n) is 18.4. The van der Waals surface area contributed by atoms with Crippen LogP contribution in [-0.2, 0) is 21.7 Å². The minimum absolute atomic E-state index is 0.0643. The van der Waals surface area contributed by atoms with E-state index >= 15 is 0 Å². The molecular weight excluding hydrogens is 392 g/mol. The van der Waals surface area contributed by atoms with Crippen molar-refractivity contribution in [3.63, 3.8) is 0 Å². The van der Waals surface area contributed by atoms with Gasteiger partial charge in [0.25, 0.3) is 0 Å². The van der Waals surface area contributed by atoms with Crippen LogP contribution in [0.2, 0.25) is 0 Å². The molecule has 0 saturated carbocycles. The maximum absolute atomic E-state index is 12.4. The van der Waals surface area contributed by atoms with Crippen molar-refractivity contribution in [2.75, 3.05) is 45.9 Å². The molecule has 7 heteroatoms. The molecule has 2 fully saturated rings. The van der Waals surface area contributed by atoms with Crippen LogP contribution in [0.15, 0.2) is 30.5 Å². The van der Waals surface area contributed by atoms with Crippen LogP contribution in [0.1, 0.15) is 38.2 Å². The molecule has 2 saturated heterocycles. The number of nitrogens with zero attached hydrogens (tertiary/aromatic N) is 4. The Kier molecular flexibility index (Phi) is 5.71. The van der Waals surface area contributed by atoms with Crippen LogP contribution in [-0.4, -0.2) is 71.4 Å². The molecule has 5 rings (SSSR count). The van der Waals surface area contributed by atoms with E-state index in [0.717, 1.165) is 37.2 Å². The Balaban J connectivity index is 1.40. The number of likely N-dealkylation sites (tertiary alicyclic amines) is 2. The van der Waals surface area contributed by atoms with Gasteiger partial charge in [0.1, 0.15) is 18.0 Å². The molecule has 2 aromatic rings. The van der Waals surface area contributed by atoms with Crippen molar-refractivity contribution in [1.29, 1.82) is 0 Å². The number of carbonyl (C=O) groups excluding carboxylic acids is 1. The smallest absolute Gasteiger partial charge is 0.248 e. The number of amides is 1. The Bertz CT molecular complexity index is 927. The number of aromatic nitrogens is 2. The van der Waals surface area contributed by atoms with Crippen LogP contribution < -0.4 is 4.74 Å². The summed E-state index contributed by atoms with van der Waals surface area (Å²) in [5, 5.41) is 4.81. The van der Waals surface area contributed by atoms with Gasteiger partial charge in [-0.2, -0.15) is 5.10 Å². The lowest BCUT2D eigenvalue weighted by Gasteiger charge is -2.44. The van der Waals surface area contributed by atoms with Crippen LogP contribution in [0.25, 0.3) is 11.3 Å². The summed E-state index contributed by atoms with van der Waals surface area (Å²) in [6.07, 6.45) is 6.14. The van der Waals surface area contributed by atoms with E-state index in [4.69, 9.17) is 14.6 Å². The summed E-state index contributed by atoms with van der Waals surface area (Å²) in [6.45, 7) is 8.28. The molecule has 166 valence electrons. The number of benzene rings is 1. The Hall–Kier alpha value is -2.38. The monoisotopic (exact) mass is 424 g/mol. The van der Waals surface area contributed by atoms with Crippen molar-refractivity contribution in [1.82, 2.24) is 19.6 Å². The van der Waals surface area contributed by atoms with Crippen molar-refractivity contribution in [3.8, 4) is 17.0 Å². The lowest BCUT2D eigenvalue weighted by atomic mass is 9.81. The number of para-hydroxylation sites is 1. The van der Waals surface area contributed by atoms with E-state index in [9.17, 15) is 4.79 Å². The summed E-state index contributed by atoms with van der Waals surface area (Å²) in [7, 11) is 0. The van der Waals surface area contributed by atoms with Gasteiger partial charge in [0.15, 0.2) is 0 Å². The summed E-state index contributed by atoms with van der Waals surface area (Å²) >= 11 is 0. The zero-order chi connectivity index (χ0) is 21.3. The summed E-state index contributed by atoms with van der Waals surface area (Å²) in [4.78, 5) is 16.9. The molecule has 3 aliphatic heterocycles. The first kappa shape index (κ1) is 20.5. The van der Waals surface area contributed by atoms with Crippen LogP contribution in [0, 0.1) is 0 Å². The number of hydrogen-bond donors (Lipinski definition) is 0. The Labute approximate surface area is 183 Å². The van der Waals surface area contributed by atoms with Gasteiger partial charge < -0.3 is 19.3 Å². The predicted octanol–water partition coefficient (Wildman–Crippen LogP) is 2.89. The summed E-state index contributed by atoms with van der Waals surface area (Å²) < 4.78 is 14.1. The minimum atomic E-state index is -0.419. The van der Waals surface area contributed by atoms with Crippen LogP contribution in [0.3, 0.4) is 0 Å². The molecule has 31 heavy (non-hydrogen) atoms. The van der Waals surface area contributed by atoms with Gasteiger partial charge >= 0.3 is 0 Å². The van der Waals surface area contributed by atoms with E-state index in [2.05, 4.69) is 27.8 Å². The molecule has 0 bridgehead atoms. The molecule has 1 spiro atoms. The molecule has 1 aromatic heterocycles. The van der Waals surface area contributed by atoms with E-state index in [1.54, 1.807) is 0 Å². The molecule has 0 N–H and O–H groups in total. The molecule has 4 heterocycles. The molecule has 0 aliphatic carbocycles. The standard InChI is InChI=1S/C24H32N4O3/c1-2-30-18-22(29)27-13-9-24(10-14-27)20-17-25-28(16-15-26-11-5-6-12-26)23(20)19-7-3-4-8-21(19)31-24/h3-4,7-8,17H,2,5-6,9-16,18H2,1H3. The van der Waals surface area contributed by atoms with E-state index < -0.39 is 5.60 Å². The van der Waals surface area contributed by atoms with Gasteiger partial charge in [0, 0.05) is 50.2 Å². The topological polar surface area (TPSA) is 59.8 Å². The van der Waals surface area contributed by atoms with Crippen LogP contribution in [0.4, 0.5) is 0 Å². The number of carbonyl (C=O) groups is 1. The molecule has 0 atom stereocenters. The number of ether oxygens (including phenoxy) is 2. The maximum atomic E-state index is 12.4. The zero-order valence-corrected chi connectivity index (χ0v) is 18.4. The molecule has 0 unspecified atom stereocenters. The van der Waals surface area contributed by atoms with Gasteiger partial charge in [0.2, 0.25) is 5.91 Å². The molecule has 7 nitrogen and oxygen atoms in total. The molecular formula is C24H32N4O3. The summed E-state index contributed by atoms with van der Waals surface area (Å²) in [5.41, 5.74) is 3.06. The Morgan fingerprint density at radius 1 is 1.13 bits per heavy atom. The highest BCUT2D eigenvalue weighted by atomic mass is 16.5. The van der Waals surface area contributed by atoms with Crippen molar-refractivity contribution in [3.05, 3.63) is 36.0 Å². The third kappa shape index (κ3) is 3.85. The fourth-order valence-electron chi connectivity index (χ4n) is 5.20. The van der Waals surface area contributed by atoms with Gasteiger partial charge in [-0.1, -0.05) is 12.1 Å². The van der Waals surface area contributed by atoms with Gasteiger partial charge in [-0.15, -0.1) is 0 Å². The third-order valence-corrected chi connectivity index (χ3v) is 6.96. The van der Waals surface area contributed by atoms with Crippen LogP contribution in [0.5, 0.6) is 5.75 Å². The average molecular weight is 425 g/mol. The highest BCUT2D eigenvalue weighted by Crippen LogP contribution is 2.49. The second-order valence-corrected chi connectivity index (χ2v) is 8.79. The second kappa shape index (κ2) is 8.63. The number of piperidine rings is 1. The molecule has 0 radical (unpaired) electrons. The van der Waals surface area contributed by atoms with Gasteiger partial charge in [-0.25, -0.2) is 0 Å². The number of fused-ring (bicyclic) bond motifs is 4. The highest BCUT2D eigenvalue weighted by molar-refractivity contribution is 5.78. The third-order valence-electron chi connectivity index (χ3n) is 6.96. The highest BCUT2D eigenvalue weighted by Gasteiger charge is 2.46. The number of hydrogen-bond acceptors (Lipinski definition) is 5. The lowest BCUT2D eigenvalue weighted by Crippen LogP contribution is -2.49. The van der Waals surface area contributed by atoms with E-state index in [1.807, 2.05) is 24.1 Å². The lowest BCUT2D eigenvalue weighted by molar-refractivity contribution is -0.139. The SMILES string of the molecule is CCOCC(=O)N1CCC2(CC1)Oc1ccccc1-c1c2cnn1CCN1CCCC1. The summed E-state index contributed by atoms with van der Waals surface area (Å²) in [6, 6.07) is 8.29. The van der Waals surface area contributed by atoms with Gasteiger partial charge in [0.05, 0.1) is 18.4 Å². The molecule has 3 aliphatic rings. The van der Waals surface area contributed by atoms with Gasteiger partial charge in [-0.3, -0.25) is 9.48 Å². The molecule has 1 aromatic carbocycles. The van der Waals surface area contributed by atoms with E-state index in [1.165, 1.54) is 37.2 Å². The normalized spacial score (nSPS) is 19.8. The van der Waals surface area contributed by atoms with Crippen molar-refractivity contribution >= 4 is 5.91 Å². The fourth-order valence-corrected chi connectivity index (χ4v) is 5.20. The number of rotatable bonds is 6. The molecule has 1 amide bonds. The largest absolute Gasteiger partial charge is 0.482 e. The van der Waals surface area contributed by atoms with Crippen LogP contribution >= 0.6 is 0 Å². The Morgan fingerprint density at radius 2 is 1.90 bits per heavy atom. The summed E-state index contributed by atoms with van der Waals surface area (Å²) in [5.74, 6) is 0.987. The second-order valence-electron chi connectivity index (χ2n) is 8.79. The average Bonchev–Trinajstić information content (AvgIpc) is 3.47. The van der Waals surface area contributed by atoms with E-state index in [0.29, 0.717) is 19.7 Å². The van der Waals surface area contributed by atoms with Crippen molar-refractivity contribution in [2.24, 2.45) is 0 Å². The maximum Gasteiger partial charge on any atom is 0.248 e. The fraction of sp³-hybridized carbons (Fsp3) is 0.583. The first-order valence-corrected chi connectivity index (χ1v) is 11.6. The predicted molar refractivity (Wildman–Crippen MR) is 118 cm³/mol. The van der Waals surface area contributed by atoms with Crippen molar-refractivity contribution in [2.45, 2.75) is 44.8 Å². The quantitative estimate of drug-likeness (QED) is 0.714. The first-order valence-electron chi connectivity index (χ1n) is 11.6. The van der Waals surface area contributed by atoms with Crippen molar-refractivity contribution < 1.29 is 14.3 Å². The minimum Gasteiger partial charge on any atom is -0.482 e.